The minimum atomic E-state index is -1.09. The number of carbonyl (C=O) groups is 2. The molecule has 102 valence electrons. The Morgan fingerprint density at radius 3 is 2.70 bits per heavy atom. The van der Waals surface area contributed by atoms with E-state index in [-0.39, 0.29) is 11.5 Å². The molecular weight excluding hydrogens is 324 g/mol. The fraction of sp³-hybridized carbons (Fsp3) is 0.0714. The van der Waals surface area contributed by atoms with Crippen LogP contribution in [0.5, 0.6) is 0 Å². The topological polar surface area (TPSA) is 79.3 Å². The summed E-state index contributed by atoms with van der Waals surface area (Å²) in [5, 5.41) is 11.5. The third-order valence-electron chi connectivity index (χ3n) is 2.61. The Morgan fingerprint density at radius 2 is 2.00 bits per heavy atom. The number of hydrogen-bond donors (Lipinski definition) is 2. The highest BCUT2D eigenvalue weighted by molar-refractivity contribution is 9.10. The van der Waals surface area contributed by atoms with Gasteiger partial charge in [-0.25, -0.2) is 4.79 Å². The van der Waals surface area contributed by atoms with Crippen molar-refractivity contribution in [3.63, 3.8) is 0 Å². The zero-order chi connectivity index (χ0) is 14.7. The van der Waals surface area contributed by atoms with E-state index in [0.717, 1.165) is 5.56 Å². The maximum atomic E-state index is 12.2. The minimum absolute atomic E-state index is 0.0195. The number of aromatic nitrogens is 1. The minimum Gasteiger partial charge on any atom is -0.478 e. The van der Waals surface area contributed by atoms with Crippen LogP contribution in [0.4, 0.5) is 5.69 Å². The van der Waals surface area contributed by atoms with Crippen molar-refractivity contribution in [1.82, 2.24) is 4.98 Å². The molecule has 0 saturated heterocycles. The van der Waals surface area contributed by atoms with Crippen molar-refractivity contribution in [2.75, 3.05) is 5.32 Å². The van der Waals surface area contributed by atoms with Crippen molar-refractivity contribution in [2.45, 2.75) is 6.92 Å². The quantitative estimate of drug-likeness (QED) is 0.903. The maximum absolute atomic E-state index is 12.2. The Hall–Kier alpha value is -2.21. The van der Waals surface area contributed by atoms with Gasteiger partial charge < -0.3 is 10.4 Å². The molecule has 0 fully saturated rings. The van der Waals surface area contributed by atoms with Crippen LogP contribution in [0.3, 0.4) is 0 Å². The van der Waals surface area contributed by atoms with Gasteiger partial charge in [0.25, 0.3) is 5.91 Å². The summed E-state index contributed by atoms with van der Waals surface area (Å²) in [4.78, 5) is 26.8. The summed E-state index contributed by atoms with van der Waals surface area (Å²) in [6, 6.07) is 6.77. The van der Waals surface area contributed by atoms with Crippen LogP contribution < -0.4 is 5.32 Å². The average molecular weight is 335 g/mol. The van der Waals surface area contributed by atoms with Crippen molar-refractivity contribution < 1.29 is 14.7 Å². The standard InChI is InChI=1S/C14H11BrN2O3/c1-8-2-3-12(15)11(4-8)13(18)17-10-5-9(14(19)20)6-16-7-10/h2-7H,1H3,(H,17,18)(H,19,20). The fourth-order valence-electron chi connectivity index (χ4n) is 1.64. The third-order valence-corrected chi connectivity index (χ3v) is 3.30. The van der Waals surface area contributed by atoms with Gasteiger partial charge in [-0.1, -0.05) is 11.6 Å². The summed E-state index contributed by atoms with van der Waals surface area (Å²) in [6.07, 6.45) is 2.62. The molecule has 0 bridgehead atoms. The molecule has 0 aliphatic rings. The smallest absolute Gasteiger partial charge is 0.337 e. The van der Waals surface area contributed by atoms with E-state index < -0.39 is 5.97 Å². The maximum Gasteiger partial charge on any atom is 0.337 e. The van der Waals surface area contributed by atoms with Gasteiger partial charge >= 0.3 is 5.97 Å². The van der Waals surface area contributed by atoms with E-state index in [2.05, 4.69) is 26.2 Å². The van der Waals surface area contributed by atoms with E-state index in [1.165, 1.54) is 18.5 Å². The molecule has 1 aromatic carbocycles. The molecule has 0 aliphatic heterocycles. The Bertz CT molecular complexity index is 686. The highest BCUT2D eigenvalue weighted by atomic mass is 79.9. The predicted molar refractivity (Wildman–Crippen MR) is 78.0 cm³/mol. The molecule has 5 nitrogen and oxygen atoms in total. The number of aromatic carboxylic acids is 1. The van der Waals surface area contributed by atoms with Gasteiger partial charge in [0, 0.05) is 10.7 Å². The van der Waals surface area contributed by atoms with Crippen LogP contribution in [0.2, 0.25) is 0 Å². The molecular formula is C14H11BrN2O3. The zero-order valence-electron chi connectivity index (χ0n) is 10.6. The summed E-state index contributed by atoms with van der Waals surface area (Å²) >= 11 is 3.31. The van der Waals surface area contributed by atoms with Gasteiger partial charge in [-0.3, -0.25) is 9.78 Å². The monoisotopic (exact) mass is 334 g/mol. The second-order valence-corrected chi connectivity index (χ2v) is 5.06. The molecule has 20 heavy (non-hydrogen) atoms. The van der Waals surface area contributed by atoms with Crippen LogP contribution in [0, 0.1) is 6.92 Å². The van der Waals surface area contributed by atoms with Crippen LogP contribution in [-0.2, 0) is 0 Å². The number of rotatable bonds is 3. The first kappa shape index (κ1) is 14.2. The number of amides is 1. The largest absolute Gasteiger partial charge is 0.478 e. The number of carbonyl (C=O) groups excluding carboxylic acids is 1. The first-order valence-corrected chi connectivity index (χ1v) is 6.52. The molecule has 6 heteroatoms. The van der Waals surface area contributed by atoms with Gasteiger partial charge in [-0.2, -0.15) is 0 Å². The number of halogens is 1. The van der Waals surface area contributed by atoms with E-state index in [1.807, 2.05) is 13.0 Å². The lowest BCUT2D eigenvalue weighted by atomic mass is 10.1. The van der Waals surface area contributed by atoms with E-state index in [1.54, 1.807) is 12.1 Å². The number of aryl methyl sites for hydroxylation is 1. The van der Waals surface area contributed by atoms with E-state index in [4.69, 9.17) is 5.11 Å². The van der Waals surface area contributed by atoms with E-state index >= 15 is 0 Å². The molecule has 2 rings (SSSR count). The summed E-state index contributed by atoms with van der Waals surface area (Å²) in [5.41, 5.74) is 1.79. The molecule has 0 saturated carbocycles. The van der Waals surface area contributed by atoms with Gasteiger partial charge in [0.15, 0.2) is 0 Å². The van der Waals surface area contributed by atoms with E-state index in [0.29, 0.717) is 15.7 Å². The van der Waals surface area contributed by atoms with Gasteiger partial charge in [-0.15, -0.1) is 0 Å². The number of hydrogen-bond acceptors (Lipinski definition) is 3. The lowest BCUT2D eigenvalue weighted by Gasteiger charge is -2.08. The van der Waals surface area contributed by atoms with Crippen LogP contribution >= 0.6 is 15.9 Å². The average Bonchev–Trinajstić information content (AvgIpc) is 2.41. The predicted octanol–water partition coefficient (Wildman–Crippen LogP) is 3.10. The molecule has 0 atom stereocenters. The Balaban J connectivity index is 2.25. The van der Waals surface area contributed by atoms with Crippen molar-refractivity contribution in [2.24, 2.45) is 0 Å². The highest BCUT2D eigenvalue weighted by Gasteiger charge is 2.12. The Labute approximate surface area is 123 Å². The molecule has 2 aromatic rings. The number of nitrogens with one attached hydrogen (secondary N) is 1. The van der Waals surface area contributed by atoms with Crippen molar-refractivity contribution in [3.05, 3.63) is 57.8 Å². The fourth-order valence-corrected chi connectivity index (χ4v) is 2.06. The molecule has 1 amide bonds. The number of nitrogens with zero attached hydrogens (tertiary/aromatic N) is 1. The van der Waals surface area contributed by atoms with Gasteiger partial charge in [0.2, 0.25) is 0 Å². The van der Waals surface area contributed by atoms with Crippen LogP contribution in [0.1, 0.15) is 26.3 Å². The summed E-state index contributed by atoms with van der Waals surface area (Å²) in [5.74, 6) is -1.42. The third kappa shape index (κ3) is 3.21. The summed E-state index contributed by atoms with van der Waals surface area (Å²) < 4.78 is 0.669. The first-order chi connectivity index (χ1) is 9.47. The lowest BCUT2D eigenvalue weighted by molar-refractivity contribution is 0.0696. The SMILES string of the molecule is Cc1ccc(Br)c(C(=O)Nc2cncc(C(=O)O)c2)c1. The number of carboxylic acid groups (broad SMARTS) is 1. The van der Waals surface area contributed by atoms with Gasteiger partial charge in [-0.05, 0) is 41.1 Å². The number of anilines is 1. The molecule has 0 aliphatic carbocycles. The van der Waals surface area contributed by atoms with Gasteiger partial charge in [0.1, 0.15) is 0 Å². The first-order valence-electron chi connectivity index (χ1n) is 5.73. The van der Waals surface area contributed by atoms with Crippen molar-refractivity contribution >= 4 is 33.5 Å². The highest BCUT2D eigenvalue weighted by Crippen LogP contribution is 2.20. The van der Waals surface area contributed by atoms with E-state index in [9.17, 15) is 9.59 Å². The zero-order valence-corrected chi connectivity index (χ0v) is 12.1. The molecule has 0 unspecified atom stereocenters. The normalized spacial score (nSPS) is 10.1. The molecule has 1 heterocycles. The molecule has 0 radical (unpaired) electrons. The second-order valence-electron chi connectivity index (χ2n) is 4.20. The number of benzene rings is 1. The van der Waals surface area contributed by atoms with Crippen molar-refractivity contribution in [1.29, 1.82) is 0 Å². The Morgan fingerprint density at radius 1 is 1.25 bits per heavy atom. The Kier molecular flexibility index (Phi) is 4.14. The van der Waals surface area contributed by atoms with Crippen LogP contribution in [-0.4, -0.2) is 22.0 Å². The molecule has 0 spiro atoms. The van der Waals surface area contributed by atoms with Gasteiger partial charge in [0.05, 0.1) is 23.0 Å². The summed E-state index contributed by atoms with van der Waals surface area (Å²) in [7, 11) is 0. The summed E-state index contributed by atoms with van der Waals surface area (Å²) in [6.45, 7) is 1.88. The number of carboxylic acids is 1. The van der Waals surface area contributed by atoms with Crippen LogP contribution in [0.15, 0.2) is 41.1 Å². The molecule has 1 aromatic heterocycles. The van der Waals surface area contributed by atoms with Crippen LogP contribution in [0.25, 0.3) is 0 Å². The lowest BCUT2D eigenvalue weighted by Crippen LogP contribution is -2.13. The second kappa shape index (κ2) is 5.83. The molecule has 2 N–H and O–H groups in total. The van der Waals surface area contributed by atoms with Crippen molar-refractivity contribution in [3.8, 4) is 0 Å². The number of pyridine rings is 1.